The Balaban J connectivity index is -0.000000403. The summed E-state index contributed by atoms with van der Waals surface area (Å²) in [6, 6.07) is 1.38. The first-order chi connectivity index (χ1) is 4.99. The minimum absolute atomic E-state index is 0. The van der Waals surface area contributed by atoms with E-state index in [1.54, 1.807) is 5.57 Å². The van der Waals surface area contributed by atoms with Crippen molar-refractivity contribution in [2.45, 2.75) is 32.1 Å². The van der Waals surface area contributed by atoms with E-state index in [9.17, 15) is 0 Å². The first-order valence-electron chi connectivity index (χ1n) is 4.09. The van der Waals surface area contributed by atoms with Crippen LogP contribution < -0.4 is 37.2 Å². The zero-order chi connectivity index (χ0) is 8.48. The van der Waals surface area contributed by atoms with Gasteiger partial charge in [-0.15, -0.1) is 0 Å². The Kier molecular flexibility index (Phi) is 12.4. The summed E-state index contributed by atoms with van der Waals surface area (Å²) in [6.45, 7) is 7.31. The molecule has 0 amide bonds. The van der Waals surface area contributed by atoms with Crippen LogP contribution in [0.25, 0.3) is 0 Å². The van der Waals surface area contributed by atoms with Crippen LogP contribution in [0.15, 0.2) is 21.6 Å². The minimum Gasteiger partial charge on any atom is -1.00 e. The van der Waals surface area contributed by atoms with Crippen LogP contribution in [0, 0.1) is 0 Å². The molecule has 0 aromatic heterocycles. The van der Waals surface area contributed by atoms with Crippen molar-refractivity contribution in [3.05, 3.63) is 21.6 Å². The maximum Gasteiger partial charge on any atom is -1.00 e. The average molecular weight is 306 g/mol. The smallest absolute Gasteiger partial charge is 1.00 e. The monoisotopic (exact) mass is 304 g/mol. The van der Waals surface area contributed by atoms with Gasteiger partial charge < -0.3 is 37.2 Å². The van der Waals surface area contributed by atoms with Gasteiger partial charge in [0.15, 0.2) is 0 Å². The van der Waals surface area contributed by atoms with Crippen molar-refractivity contribution in [1.82, 2.24) is 0 Å². The van der Waals surface area contributed by atoms with Crippen LogP contribution in [0.2, 0.25) is 25.7 Å². The van der Waals surface area contributed by atoms with E-state index in [0.717, 1.165) is 0 Å². The van der Waals surface area contributed by atoms with Gasteiger partial charge in [0.2, 0.25) is 0 Å². The summed E-state index contributed by atoms with van der Waals surface area (Å²) in [5, 5.41) is 0. The molecule has 0 saturated heterocycles. The van der Waals surface area contributed by atoms with E-state index in [1.165, 1.54) is 16.3 Å². The van der Waals surface area contributed by atoms with Crippen molar-refractivity contribution >= 4 is 8.07 Å². The van der Waals surface area contributed by atoms with Crippen molar-refractivity contribution < 1.29 is 57.7 Å². The number of hydrogen-bond acceptors (Lipinski definition) is 0. The van der Waals surface area contributed by atoms with Crippen LogP contribution in [0.5, 0.6) is 0 Å². The topological polar surface area (TPSA) is 0 Å². The molecule has 14 heavy (non-hydrogen) atoms. The Morgan fingerprint density at radius 1 is 1.21 bits per heavy atom. The summed E-state index contributed by atoms with van der Waals surface area (Å²) in [4.78, 5) is 0. The van der Waals surface area contributed by atoms with Crippen molar-refractivity contribution in [1.29, 1.82) is 0 Å². The van der Waals surface area contributed by atoms with Crippen LogP contribution in [0.3, 0.4) is 0 Å². The van der Waals surface area contributed by atoms with Crippen LogP contribution in [0.4, 0.5) is 0 Å². The molecule has 1 aliphatic carbocycles. The van der Waals surface area contributed by atoms with Crippen molar-refractivity contribution in [2.75, 3.05) is 0 Å². The number of allylic oxidation sites excluding steroid dienone is 4. The molecular formula is C9H15Cl3SiTi. The molecule has 1 rings (SSSR count). The standard InChI is InChI=1S/C9H15Si.3ClH.Ti/c1-10(2,3)8-9-6-4-5-7-9;;;;/h4-5H,6,8H2,1-3H3;3*1H;/q;;;;+3/p-3. The van der Waals surface area contributed by atoms with Gasteiger partial charge in [-0.25, -0.2) is 0 Å². The Morgan fingerprint density at radius 2 is 1.71 bits per heavy atom. The predicted octanol–water partition coefficient (Wildman–Crippen LogP) is -5.90. The first kappa shape index (κ1) is 20.7. The van der Waals surface area contributed by atoms with Gasteiger partial charge in [-0.1, -0.05) is 0 Å². The fourth-order valence-electron chi connectivity index (χ4n) is 1.35. The maximum absolute atomic E-state index is 2.44. The third-order valence-electron chi connectivity index (χ3n) is 1.77. The van der Waals surface area contributed by atoms with Gasteiger partial charge in [0.25, 0.3) is 0 Å². The fourth-order valence-corrected chi connectivity index (χ4v) is 3.73. The predicted molar refractivity (Wildman–Crippen MR) is 48.9 cm³/mol. The maximum atomic E-state index is 2.44. The zero-order valence-corrected chi connectivity index (χ0v) is 13.5. The Labute approximate surface area is 119 Å². The van der Waals surface area contributed by atoms with Gasteiger partial charge in [-0.05, 0) is 0 Å². The summed E-state index contributed by atoms with van der Waals surface area (Å²) in [5.41, 5.74) is 1.68. The molecule has 80 valence electrons. The van der Waals surface area contributed by atoms with E-state index in [4.69, 9.17) is 0 Å². The quantitative estimate of drug-likeness (QED) is 0.446. The second kappa shape index (κ2) is 8.44. The average Bonchev–Trinajstić information content (AvgIpc) is 2.12. The molecule has 0 spiro atoms. The van der Waals surface area contributed by atoms with Gasteiger partial charge in [-0.2, -0.15) is 0 Å². The molecule has 0 nitrogen and oxygen atoms in total. The largest absolute Gasteiger partial charge is 1.00 e. The van der Waals surface area contributed by atoms with E-state index in [1.807, 2.05) is 0 Å². The first-order valence-corrected chi connectivity index (χ1v) is 8.58. The molecule has 0 aromatic rings. The molecule has 0 atom stereocenters. The summed E-state index contributed by atoms with van der Waals surface area (Å²) in [6.07, 6.45) is 5.76. The minimum atomic E-state index is -0.862. The molecule has 0 aliphatic heterocycles. The van der Waals surface area contributed by atoms with Crippen LogP contribution >= 0.6 is 0 Å². The summed E-state index contributed by atoms with van der Waals surface area (Å²) >= 11 is 2.24. The molecule has 0 saturated carbocycles. The summed E-state index contributed by atoms with van der Waals surface area (Å²) in [7, 11) is -0.862. The third kappa shape index (κ3) is 7.56. The summed E-state index contributed by atoms with van der Waals surface area (Å²) in [5.74, 6) is 0. The Morgan fingerprint density at radius 3 is 2.00 bits per heavy atom. The number of halogens is 3. The second-order valence-corrected chi connectivity index (χ2v) is 10.7. The van der Waals surface area contributed by atoms with Gasteiger partial charge in [0, 0.05) is 0 Å². The molecule has 0 unspecified atom stereocenters. The zero-order valence-electron chi connectivity index (χ0n) is 8.70. The third-order valence-corrected chi connectivity index (χ3v) is 4.07. The number of rotatable bonds is 2. The Bertz CT molecular complexity index is 219. The summed E-state index contributed by atoms with van der Waals surface area (Å²) < 4.78 is 1.52. The van der Waals surface area contributed by atoms with Crippen LogP contribution in [-0.4, -0.2) is 8.07 Å². The van der Waals surface area contributed by atoms with Crippen molar-refractivity contribution in [2.24, 2.45) is 0 Å². The van der Waals surface area contributed by atoms with Crippen LogP contribution in [0.1, 0.15) is 6.42 Å². The van der Waals surface area contributed by atoms with E-state index < -0.39 is 8.07 Å². The van der Waals surface area contributed by atoms with Crippen LogP contribution in [-0.2, 0) is 20.4 Å². The second-order valence-electron chi connectivity index (χ2n) is 4.36. The SMILES string of the molecule is C[Si](C)(C)CC1=[C]([Ti+3])C=CC1.[Cl-].[Cl-].[Cl-]. The van der Waals surface area contributed by atoms with E-state index in [-0.39, 0.29) is 37.2 Å². The van der Waals surface area contributed by atoms with E-state index in [0.29, 0.717) is 0 Å². The molecule has 0 N–H and O–H groups in total. The molecule has 0 heterocycles. The molecule has 0 bridgehead atoms. The fraction of sp³-hybridized carbons (Fsp3) is 0.556. The molecule has 0 fully saturated rings. The van der Waals surface area contributed by atoms with E-state index >= 15 is 0 Å². The van der Waals surface area contributed by atoms with Crippen molar-refractivity contribution in [3.63, 3.8) is 0 Å². The Hall–Kier alpha value is 1.28. The normalized spacial score (nSPS) is 14.4. The molecular weight excluding hydrogens is 290 g/mol. The van der Waals surface area contributed by atoms with Crippen molar-refractivity contribution in [3.8, 4) is 0 Å². The molecule has 0 radical (unpaired) electrons. The van der Waals surface area contributed by atoms with Gasteiger partial charge in [-0.3, -0.25) is 0 Å². The van der Waals surface area contributed by atoms with Gasteiger partial charge >= 0.3 is 82.2 Å². The van der Waals surface area contributed by atoms with Gasteiger partial charge in [0.05, 0.1) is 0 Å². The van der Waals surface area contributed by atoms with Gasteiger partial charge in [0.1, 0.15) is 0 Å². The molecule has 0 aromatic carbocycles. The number of hydrogen-bond donors (Lipinski definition) is 0. The van der Waals surface area contributed by atoms with E-state index in [2.05, 4.69) is 52.2 Å². The molecule has 1 aliphatic rings. The molecule has 5 heteroatoms.